The predicted octanol–water partition coefficient (Wildman–Crippen LogP) is 4.13. The van der Waals surface area contributed by atoms with Crippen LogP contribution in [0.4, 0.5) is 5.69 Å². The van der Waals surface area contributed by atoms with E-state index in [1.165, 1.54) is 12.1 Å². The van der Waals surface area contributed by atoms with E-state index in [1.807, 2.05) is 6.92 Å². The van der Waals surface area contributed by atoms with Gasteiger partial charge in [0, 0.05) is 15.2 Å². The molecule has 0 spiro atoms. The summed E-state index contributed by atoms with van der Waals surface area (Å²) in [5, 5.41) is 12.3. The maximum absolute atomic E-state index is 11.9. The molecule has 0 fully saturated rings. The summed E-state index contributed by atoms with van der Waals surface area (Å²) in [6.45, 7) is 1.55. The van der Waals surface area contributed by atoms with Crippen molar-refractivity contribution in [2.24, 2.45) is 0 Å². The largest absolute Gasteiger partial charge is 0.483 e. The van der Waals surface area contributed by atoms with Crippen molar-refractivity contribution in [1.29, 1.82) is 0 Å². The third-order valence-electron chi connectivity index (χ3n) is 2.99. The molecule has 5 nitrogen and oxygen atoms in total. The topological polar surface area (TPSA) is 75.6 Å². The summed E-state index contributed by atoms with van der Waals surface area (Å²) >= 11 is 9.18. The van der Waals surface area contributed by atoms with E-state index in [4.69, 9.17) is 21.4 Å². The van der Waals surface area contributed by atoms with Crippen LogP contribution in [0.15, 0.2) is 40.9 Å². The summed E-state index contributed by atoms with van der Waals surface area (Å²) in [6, 6.07) is 9.69. The number of nitrogens with one attached hydrogen (secondary N) is 1. The van der Waals surface area contributed by atoms with Gasteiger partial charge in [0.1, 0.15) is 11.3 Å². The summed E-state index contributed by atoms with van der Waals surface area (Å²) in [5.41, 5.74) is 1.43. The Labute approximate surface area is 146 Å². The molecule has 2 N–H and O–H groups in total. The number of halogens is 2. The van der Waals surface area contributed by atoms with Crippen molar-refractivity contribution in [2.45, 2.75) is 6.92 Å². The lowest BCUT2D eigenvalue weighted by Gasteiger charge is -2.10. The monoisotopic (exact) mass is 397 g/mol. The third kappa shape index (κ3) is 4.71. The van der Waals surface area contributed by atoms with Gasteiger partial charge in [0.25, 0.3) is 5.91 Å². The van der Waals surface area contributed by atoms with Crippen LogP contribution in [-0.4, -0.2) is 23.6 Å². The van der Waals surface area contributed by atoms with Crippen LogP contribution in [0.25, 0.3) is 0 Å². The van der Waals surface area contributed by atoms with Crippen molar-refractivity contribution in [1.82, 2.24) is 0 Å². The lowest BCUT2D eigenvalue weighted by molar-refractivity contribution is -0.118. The van der Waals surface area contributed by atoms with E-state index in [2.05, 4.69) is 21.2 Å². The van der Waals surface area contributed by atoms with Crippen LogP contribution in [0.3, 0.4) is 0 Å². The molecule has 2 aromatic carbocycles. The van der Waals surface area contributed by atoms with Crippen molar-refractivity contribution in [3.8, 4) is 5.75 Å². The summed E-state index contributed by atoms with van der Waals surface area (Å²) in [7, 11) is 0. The van der Waals surface area contributed by atoms with Crippen LogP contribution in [0.5, 0.6) is 5.75 Å². The molecule has 23 heavy (non-hydrogen) atoms. The Morgan fingerprint density at radius 3 is 2.65 bits per heavy atom. The van der Waals surface area contributed by atoms with Gasteiger partial charge in [0.15, 0.2) is 6.61 Å². The lowest BCUT2D eigenvalue weighted by atomic mass is 10.2. The lowest BCUT2D eigenvalue weighted by Crippen LogP contribution is -2.20. The zero-order valence-corrected chi connectivity index (χ0v) is 14.4. The van der Waals surface area contributed by atoms with Crippen molar-refractivity contribution < 1.29 is 19.4 Å². The standard InChI is InChI=1S/C16H13BrClNO4/c1-9-2-4-11(7-13(9)18)19-15(20)8-23-14-5-3-10(17)6-12(14)16(21)22/h2-7H,8H2,1H3,(H,19,20)(H,21,22). The first-order valence-corrected chi connectivity index (χ1v) is 7.75. The Balaban J connectivity index is 2.02. The van der Waals surface area contributed by atoms with Gasteiger partial charge in [-0.2, -0.15) is 0 Å². The number of carboxylic acids is 1. The van der Waals surface area contributed by atoms with Crippen LogP contribution >= 0.6 is 27.5 Å². The summed E-state index contributed by atoms with van der Waals surface area (Å²) < 4.78 is 5.91. The van der Waals surface area contributed by atoms with E-state index in [9.17, 15) is 9.59 Å². The molecule has 120 valence electrons. The van der Waals surface area contributed by atoms with E-state index in [-0.39, 0.29) is 17.9 Å². The predicted molar refractivity (Wildman–Crippen MR) is 91.4 cm³/mol. The molecule has 1 amide bonds. The van der Waals surface area contributed by atoms with E-state index >= 15 is 0 Å². The molecule has 2 aromatic rings. The SMILES string of the molecule is Cc1ccc(NC(=O)COc2ccc(Br)cc2C(=O)O)cc1Cl. The van der Waals surface area contributed by atoms with Gasteiger partial charge < -0.3 is 15.2 Å². The minimum Gasteiger partial charge on any atom is -0.483 e. The Kier molecular flexibility index (Phi) is 5.63. The van der Waals surface area contributed by atoms with Crippen molar-refractivity contribution in [2.75, 3.05) is 11.9 Å². The number of ether oxygens (including phenoxy) is 1. The van der Waals surface area contributed by atoms with Gasteiger partial charge in [-0.3, -0.25) is 4.79 Å². The highest BCUT2D eigenvalue weighted by atomic mass is 79.9. The third-order valence-corrected chi connectivity index (χ3v) is 3.89. The Morgan fingerprint density at radius 1 is 1.26 bits per heavy atom. The molecule has 0 radical (unpaired) electrons. The molecule has 0 atom stereocenters. The highest BCUT2D eigenvalue weighted by molar-refractivity contribution is 9.10. The smallest absolute Gasteiger partial charge is 0.339 e. The van der Waals surface area contributed by atoms with E-state index in [0.29, 0.717) is 15.2 Å². The fraction of sp³-hybridized carbons (Fsp3) is 0.125. The highest BCUT2D eigenvalue weighted by Gasteiger charge is 2.13. The molecule has 7 heteroatoms. The second-order valence-corrected chi connectivity index (χ2v) is 6.07. The second kappa shape index (κ2) is 7.48. The molecule has 2 rings (SSSR count). The number of aryl methyl sites for hydroxylation is 1. The van der Waals surface area contributed by atoms with Crippen molar-refractivity contribution >= 4 is 45.1 Å². The maximum atomic E-state index is 11.9. The number of aromatic carboxylic acids is 1. The first-order chi connectivity index (χ1) is 10.9. The van der Waals surface area contributed by atoms with Gasteiger partial charge in [-0.15, -0.1) is 0 Å². The first-order valence-electron chi connectivity index (χ1n) is 6.58. The number of rotatable bonds is 5. The summed E-state index contributed by atoms with van der Waals surface area (Å²) in [5.74, 6) is -1.42. The molecular weight excluding hydrogens is 386 g/mol. The van der Waals surface area contributed by atoms with Gasteiger partial charge in [-0.1, -0.05) is 33.6 Å². The van der Waals surface area contributed by atoms with Crippen LogP contribution in [0.2, 0.25) is 5.02 Å². The molecule has 0 aromatic heterocycles. The number of benzene rings is 2. The fourth-order valence-electron chi connectivity index (χ4n) is 1.81. The normalized spacial score (nSPS) is 10.2. The summed E-state index contributed by atoms with van der Waals surface area (Å²) in [4.78, 5) is 23.1. The number of carbonyl (C=O) groups excluding carboxylic acids is 1. The maximum Gasteiger partial charge on any atom is 0.339 e. The quantitative estimate of drug-likeness (QED) is 0.794. The molecule has 0 bridgehead atoms. The van der Waals surface area contributed by atoms with E-state index in [0.717, 1.165) is 5.56 Å². The number of carbonyl (C=O) groups is 2. The average Bonchev–Trinajstić information content (AvgIpc) is 2.49. The van der Waals surface area contributed by atoms with Gasteiger partial charge in [-0.25, -0.2) is 4.79 Å². The number of carboxylic acid groups (broad SMARTS) is 1. The number of hydrogen-bond donors (Lipinski definition) is 2. The first kappa shape index (κ1) is 17.3. The fourth-order valence-corrected chi connectivity index (χ4v) is 2.35. The van der Waals surface area contributed by atoms with Crippen molar-refractivity contribution in [3.63, 3.8) is 0 Å². The van der Waals surface area contributed by atoms with Gasteiger partial charge in [0.2, 0.25) is 0 Å². The Morgan fingerprint density at radius 2 is 2.00 bits per heavy atom. The zero-order chi connectivity index (χ0) is 17.0. The molecule has 0 aliphatic carbocycles. The molecule has 0 saturated carbocycles. The minimum absolute atomic E-state index is 0.0226. The van der Waals surface area contributed by atoms with E-state index < -0.39 is 11.9 Å². The Hall–Kier alpha value is -2.05. The highest BCUT2D eigenvalue weighted by Crippen LogP contribution is 2.23. The van der Waals surface area contributed by atoms with Crippen LogP contribution in [0.1, 0.15) is 15.9 Å². The Bertz CT molecular complexity index is 764. The molecule has 0 saturated heterocycles. The molecular formula is C16H13BrClNO4. The molecule has 0 unspecified atom stereocenters. The van der Waals surface area contributed by atoms with Crippen molar-refractivity contribution in [3.05, 3.63) is 57.0 Å². The van der Waals surface area contributed by atoms with Crippen LogP contribution in [0, 0.1) is 6.92 Å². The zero-order valence-electron chi connectivity index (χ0n) is 12.1. The van der Waals surface area contributed by atoms with Crippen LogP contribution in [-0.2, 0) is 4.79 Å². The number of hydrogen-bond acceptors (Lipinski definition) is 3. The summed E-state index contributed by atoms with van der Waals surface area (Å²) in [6.07, 6.45) is 0. The minimum atomic E-state index is -1.13. The number of amides is 1. The molecule has 0 heterocycles. The molecule has 0 aliphatic rings. The number of anilines is 1. The second-order valence-electron chi connectivity index (χ2n) is 4.75. The van der Waals surface area contributed by atoms with Gasteiger partial charge >= 0.3 is 5.97 Å². The molecule has 0 aliphatic heterocycles. The van der Waals surface area contributed by atoms with Gasteiger partial charge in [-0.05, 0) is 42.8 Å². The van der Waals surface area contributed by atoms with Crippen LogP contribution < -0.4 is 10.1 Å². The van der Waals surface area contributed by atoms with E-state index in [1.54, 1.807) is 24.3 Å². The van der Waals surface area contributed by atoms with Gasteiger partial charge in [0.05, 0.1) is 0 Å². The average molecular weight is 399 g/mol.